The molecule has 0 unspecified atom stereocenters. The van der Waals surface area contributed by atoms with E-state index in [0.29, 0.717) is 24.6 Å². The Balaban J connectivity index is 1.75. The van der Waals surface area contributed by atoms with Crippen molar-refractivity contribution in [1.82, 2.24) is 4.90 Å². The van der Waals surface area contributed by atoms with Gasteiger partial charge in [-0.15, -0.1) is 0 Å². The van der Waals surface area contributed by atoms with Gasteiger partial charge in [-0.1, -0.05) is 44.1 Å². The first-order valence-electron chi connectivity index (χ1n) is 9.60. The predicted octanol–water partition coefficient (Wildman–Crippen LogP) is 5.44. The van der Waals surface area contributed by atoms with E-state index in [0.717, 1.165) is 48.3 Å². The summed E-state index contributed by atoms with van der Waals surface area (Å²) in [6.45, 7) is 3.15. The third-order valence-electron chi connectivity index (χ3n) is 4.31. The van der Waals surface area contributed by atoms with Gasteiger partial charge in [-0.25, -0.2) is 0 Å². The quantitative estimate of drug-likeness (QED) is 0.205. The zero-order chi connectivity index (χ0) is 20.4. The first kappa shape index (κ1) is 22.4. The fraction of sp³-hybridized carbons (Fsp3) is 0.476. The van der Waals surface area contributed by atoms with Gasteiger partial charge in [0.25, 0.3) is 5.24 Å². The van der Waals surface area contributed by atoms with E-state index in [1.165, 1.54) is 11.8 Å². The Morgan fingerprint density at radius 1 is 1.18 bits per heavy atom. The van der Waals surface area contributed by atoms with E-state index in [1.807, 2.05) is 30.3 Å². The van der Waals surface area contributed by atoms with Crippen LogP contribution in [-0.4, -0.2) is 41.4 Å². The maximum atomic E-state index is 12.3. The molecule has 1 amide bonds. The zero-order valence-electron chi connectivity index (χ0n) is 16.4. The van der Waals surface area contributed by atoms with Crippen molar-refractivity contribution in [1.29, 1.82) is 0 Å². The topological polar surface area (TPSA) is 55.8 Å². The average Bonchev–Trinajstić information content (AvgIpc) is 2.95. The molecule has 28 heavy (non-hydrogen) atoms. The minimum Gasteiger partial charge on any atom is -0.497 e. The summed E-state index contributed by atoms with van der Waals surface area (Å²) in [7, 11) is 1.63. The Bertz CT molecular complexity index is 716. The molecule has 0 saturated carbocycles. The number of carbonyl (C=O) groups excluding carboxylic acids is 2. The minimum absolute atomic E-state index is 0.0382. The maximum absolute atomic E-state index is 12.3. The van der Waals surface area contributed by atoms with Crippen LogP contribution in [-0.2, 0) is 9.53 Å². The number of benzene rings is 1. The molecule has 1 fully saturated rings. The summed E-state index contributed by atoms with van der Waals surface area (Å²) < 4.78 is 10.3. The van der Waals surface area contributed by atoms with Gasteiger partial charge < -0.3 is 9.47 Å². The lowest BCUT2D eigenvalue weighted by molar-refractivity contribution is -0.143. The normalized spacial score (nSPS) is 15.4. The molecule has 152 valence electrons. The maximum Gasteiger partial charge on any atom is 0.305 e. The van der Waals surface area contributed by atoms with E-state index in [2.05, 4.69) is 6.92 Å². The van der Waals surface area contributed by atoms with Gasteiger partial charge in [0, 0.05) is 13.0 Å². The van der Waals surface area contributed by atoms with Gasteiger partial charge in [-0.2, -0.15) is 0 Å². The number of amides is 1. The average molecular weight is 422 g/mol. The highest BCUT2D eigenvalue weighted by Gasteiger charge is 2.31. The number of carbonyl (C=O) groups is 2. The molecule has 1 aromatic rings. The van der Waals surface area contributed by atoms with Crippen LogP contribution in [0.1, 0.15) is 51.0 Å². The molecule has 0 radical (unpaired) electrons. The number of esters is 1. The van der Waals surface area contributed by atoms with Crippen LogP contribution in [0.15, 0.2) is 29.2 Å². The summed E-state index contributed by atoms with van der Waals surface area (Å²) in [6.07, 6.45) is 6.72. The third-order valence-corrected chi connectivity index (χ3v) is 5.81. The SMILES string of the molecule is CCCCOC(=O)CCCCCN1C(=O)SC(=Cc2ccc(OC)cc2)C1=S. The molecule has 1 aliphatic heterocycles. The monoisotopic (exact) mass is 421 g/mol. The number of unbranched alkanes of at least 4 members (excludes halogenated alkanes) is 3. The van der Waals surface area contributed by atoms with Crippen LogP contribution in [0, 0.1) is 0 Å². The molecule has 0 aliphatic carbocycles. The van der Waals surface area contributed by atoms with Crippen LogP contribution in [0.3, 0.4) is 0 Å². The molecule has 0 bridgehead atoms. The Hall–Kier alpha value is -1.86. The molecular formula is C21H27NO4S2. The third kappa shape index (κ3) is 6.95. The Morgan fingerprint density at radius 2 is 1.93 bits per heavy atom. The number of hydrogen-bond acceptors (Lipinski definition) is 6. The second-order valence-electron chi connectivity index (χ2n) is 6.49. The summed E-state index contributed by atoms with van der Waals surface area (Å²) in [5.41, 5.74) is 0.974. The van der Waals surface area contributed by atoms with Crippen molar-refractivity contribution in [3.63, 3.8) is 0 Å². The van der Waals surface area contributed by atoms with Crippen molar-refractivity contribution >= 4 is 46.3 Å². The van der Waals surface area contributed by atoms with Gasteiger partial charge in [0.1, 0.15) is 10.7 Å². The number of hydrogen-bond donors (Lipinski definition) is 0. The highest BCUT2D eigenvalue weighted by Crippen LogP contribution is 2.33. The molecule has 0 aromatic heterocycles. The van der Waals surface area contributed by atoms with E-state index in [1.54, 1.807) is 12.0 Å². The van der Waals surface area contributed by atoms with Gasteiger partial charge in [0.2, 0.25) is 0 Å². The predicted molar refractivity (Wildman–Crippen MR) is 118 cm³/mol. The van der Waals surface area contributed by atoms with E-state index in [4.69, 9.17) is 21.7 Å². The van der Waals surface area contributed by atoms with E-state index in [-0.39, 0.29) is 11.2 Å². The molecule has 1 saturated heterocycles. The van der Waals surface area contributed by atoms with Crippen LogP contribution < -0.4 is 4.74 Å². The number of ether oxygens (including phenoxy) is 2. The standard InChI is InChI=1S/C21H27NO4S2/c1-3-4-14-26-19(23)8-6-5-7-13-22-20(27)18(28-21(22)24)15-16-9-11-17(25-2)12-10-16/h9-12,15H,3-8,13-14H2,1-2H3. The summed E-state index contributed by atoms with van der Waals surface area (Å²) in [5, 5.41) is -0.0382. The number of nitrogens with zero attached hydrogens (tertiary/aromatic N) is 1. The zero-order valence-corrected chi connectivity index (χ0v) is 18.1. The highest BCUT2D eigenvalue weighted by molar-refractivity contribution is 8.19. The Morgan fingerprint density at radius 3 is 2.61 bits per heavy atom. The second kappa shape index (κ2) is 11.9. The first-order valence-corrected chi connectivity index (χ1v) is 10.8. The molecule has 0 atom stereocenters. The van der Waals surface area contributed by atoms with Gasteiger partial charge in [-0.05, 0) is 54.8 Å². The summed E-state index contributed by atoms with van der Waals surface area (Å²) >= 11 is 6.65. The molecule has 1 heterocycles. The van der Waals surface area contributed by atoms with Crippen molar-refractivity contribution in [2.24, 2.45) is 0 Å². The van der Waals surface area contributed by atoms with Gasteiger partial charge >= 0.3 is 5.97 Å². The lowest BCUT2D eigenvalue weighted by Gasteiger charge is -2.14. The molecule has 0 spiro atoms. The number of rotatable bonds is 11. The van der Waals surface area contributed by atoms with Crippen LogP contribution >= 0.6 is 24.0 Å². The van der Waals surface area contributed by atoms with Gasteiger partial charge in [0.05, 0.1) is 18.6 Å². The second-order valence-corrected chi connectivity index (χ2v) is 7.87. The molecule has 1 aromatic carbocycles. The Labute approximate surface area is 176 Å². The van der Waals surface area contributed by atoms with Crippen molar-refractivity contribution < 1.29 is 19.1 Å². The lowest BCUT2D eigenvalue weighted by Crippen LogP contribution is -2.27. The van der Waals surface area contributed by atoms with E-state index >= 15 is 0 Å². The molecule has 5 nitrogen and oxygen atoms in total. The number of methoxy groups -OCH3 is 1. The van der Waals surface area contributed by atoms with Crippen LogP contribution in [0.5, 0.6) is 5.75 Å². The number of thioether (sulfide) groups is 1. The smallest absolute Gasteiger partial charge is 0.305 e. The van der Waals surface area contributed by atoms with E-state index in [9.17, 15) is 9.59 Å². The molecular weight excluding hydrogens is 394 g/mol. The summed E-state index contributed by atoms with van der Waals surface area (Å²) in [6, 6.07) is 7.62. The van der Waals surface area contributed by atoms with Crippen molar-refractivity contribution in [2.45, 2.75) is 45.4 Å². The van der Waals surface area contributed by atoms with Crippen LogP contribution in [0.4, 0.5) is 4.79 Å². The van der Waals surface area contributed by atoms with Crippen molar-refractivity contribution in [3.05, 3.63) is 34.7 Å². The molecule has 2 rings (SSSR count). The van der Waals surface area contributed by atoms with Gasteiger partial charge in [0.15, 0.2) is 0 Å². The fourth-order valence-corrected chi connectivity index (χ4v) is 3.95. The number of thiocarbonyl (C=S) groups is 1. The summed E-state index contributed by atoms with van der Waals surface area (Å²) in [4.78, 5) is 26.9. The van der Waals surface area contributed by atoms with Crippen LogP contribution in [0.2, 0.25) is 0 Å². The Kier molecular flexibility index (Phi) is 9.50. The molecule has 0 N–H and O–H groups in total. The molecule has 7 heteroatoms. The van der Waals surface area contributed by atoms with Crippen LogP contribution in [0.25, 0.3) is 6.08 Å². The van der Waals surface area contributed by atoms with Crippen molar-refractivity contribution in [2.75, 3.05) is 20.3 Å². The summed E-state index contributed by atoms with van der Waals surface area (Å²) in [5.74, 6) is 0.650. The largest absolute Gasteiger partial charge is 0.497 e. The fourth-order valence-electron chi connectivity index (χ4n) is 2.66. The first-order chi connectivity index (χ1) is 13.5. The lowest BCUT2D eigenvalue weighted by atomic mass is 10.2. The van der Waals surface area contributed by atoms with E-state index < -0.39 is 0 Å². The van der Waals surface area contributed by atoms with Crippen molar-refractivity contribution in [3.8, 4) is 5.75 Å². The highest BCUT2D eigenvalue weighted by atomic mass is 32.2. The molecule has 1 aliphatic rings. The minimum atomic E-state index is -0.138. The van der Waals surface area contributed by atoms with Gasteiger partial charge in [-0.3, -0.25) is 14.5 Å².